The first kappa shape index (κ1) is 9.42. The van der Waals surface area contributed by atoms with Crippen molar-refractivity contribution in [2.45, 2.75) is 38.1 Å². The highest BCUT2D eigenvalue weighted by atomic mass is 16.5. The second-order valence-electron chi connectivity index (χ2n) is 4.84. The van der Waals surface area contributed by atoms with Crippen LogP contribution in [0.2, 0.25) is 0 Å². The Balaban J connectivity index is 2.01. The lowest BCUT2D eigenvalue weighted by Gasteiger charge is -2.17. The molecule has 1 aliphatic rings. The lowest BCUT2D eigenvalue weighted by Crippen LogP contribution is -2.29. The molecular formula is C15H21NO2. The minimum atomic E-state index is -2.44. The van der Waals surface area contributed by atoms with Crippen molar-refractivity contribution in [2.24, 2.45) is 0 Å². The number of carbonyl (C=O) groups excluding carboxylic acids is 1. The van der Waals surface area contributed by atoms with E-state index in [1.54, 1.807) is 18.2 Å². The highest BCUT2D eigenvalue weighted by Crippen LogP contribution is 2.45. The molecule has 1 aliphatic carbocycles. The second kappa shape index (κ2) is 5.42. The van der Waals surface area contributed by atoms with E-state index in [4.69, 9.17) is 8.85 Å². The lowest BCUT2D eigenvalue weighted by molar-refractivity contribution is -0.130. The van der Waals surface area contributed by atoms with Gasteiger partial charge in [-0.2, -0.15) is 0 Å². The monoisotopic (exact) mass is 250 g/mol. The van der Waals surface area contributed by atoms with Crippen molar-refractivity contribution in [3.8, 4) is 5.75 Å². The minimum Gasteiger partial charge on any atom is -0.497 e. The van der Waals surface area contributed by atoms with Gasteiger partial charge in [0.1, 0.15) is 5.75 Å². The Kier molecular flexibility index (Phi) is 2.84. The fraction of sp³-hybridized carbons (Fsp3) is 0.533. The first-order valence-electron chi connectivity index (χ1n) is 7.86. The van der Waals surface area contributed by atoms with Crippen molar-refractivity contribution in [1.82, 2.24) is 4.90 Å². The van der Waals surface area contributed by atoms with Crippen LogP contribution in [0.4, 0.5) is 0 Å². The van der Waals surface area contributed by atoms with Gasteiger partial charge in [-0.15, -0.1) is 0 Å². The highest BCUT2D eigenvalue weighted by Gasteiger charge is 2.42. The van der Waals surface area contributed by atoms with Crippen LogP contribution in [0.25, 0.3) is 0 Å². The Hall–Kier alpha value is -1.51. The van der Waals surface area contributed by atoms with Crippen molar-refractivity contribution in [3.05, 3.63) is 29.8 Å². The fourth-order valence-corrected chi connectivity index (χ4v) is 2.35. The van der Waals surface area contributed by atoms with Crippen molar-refractivity contribution < 1.29 is 13.6 Å². The van der Waals surface area contributed by atoms with Crippen molar-refractivity contribution in [2.75, 3.05) is 14.1 Å². The maximum atomic E-state index is 11.9. The molecule has 0 N–H and O–H groups in total. The number of rotatable bonds is 5. The number of hydrogen-bond acceptors (Lipinski definition) is 2. The average Bonchev–Trinajstić information content (AvgIpc) is 3.16. The van der Waals surface area contributed by atoms with Crippen LogP contribution in [0.1, 0.15) is 41.8 Å². The molecule has 18 heavy (non-hydrogen) atoms. The number of likely N-dealkylation sites (N-methyl/N-ethyl adjacent to an activating group) is 1. The number of hydrogen-bond donors (Lipinski definition) is 0. The Morgan fingerprint density at radius 1 is 1.61 bits per heavy atom. The molecule has 3 nitrogen and oxygen atoms in total. The maximum absolute atomic E-state index is 11.9. The molecular weight excluding hydrogens is 226 g/mol. The third-order valence-electron chi connectivity index (χ3n) is 3.52. The summed E-state index contributed by atoms with van der Waals surface area (Å²) in [5, 5.41) is 0. The molecule has 1 amide bonds. The van der Waals surface area contributed by atoms with Crippen LogP contribution < -0.4 is 4.74 Å². The van der Waals surface area contributed by atoms with Gasteiger partial charge in [-0.05, 0) is 30.5 Å². The summed E-state index contributed by atoms with van der Waals surface area (Å²) < 4.78 is 26.3. The zero-order chi connectivity index (χ0) is 15.6. The van der Waals surface area contributed by atoms with Gasteiger partial charge in [0.05, 0.1) is 11.2 Å². The first-order valence-corrected chi connectivity index (χ1v) is 6.36. The number of nitrogens with zero attached hydrogens (tertiary/aromatic N) is 1. The molecule has 0 radical (unpaired) electrons. The number of amides is 1. The topological polar surface area (TPSA) is 29.5 Å². The van der Waals surface area contributed by atoms with Crippen LogP contribution in [0.3, 0.4) is 0 Å². The van der Waals surface area contributed by atoms with Crippen molar-refractivity contribution in [3.63, 3.8) is 0 Å². The Morgan fingerprint density at radius 3 is 3.17 bits per heavy atom. The molecule has 98 valence electrons. The van der Waals surface area contributed by atoms with E-state index in [1.807, 2.05) is 24.9 Å². The van der Waals surface area contributed by atoms with Crippen molar-refractivity contribution >= 4 is 5.91 Å². The Labute approximate surface area is 113 Å². The summed E-state index contributed by atoms with van der Waals surface area (Å²) >= 11 is 0. The largest absolute Gasteiger partial charge is 0.497 e. The van der Waals surface area contributed by atoms with E-state index >= 15 is 0 Å². The molecule has 0 saturated heterocycles. The SMILES string of the molecule is [2H]C([2H])([2H])Oc1cccc([C@@H]2C[C@H]2N(C)C(=O)CCC)c1. The van der Waals surface area contributed by atoms with E-state index in [1.165, 1.54) is 0 Å². The van der Waals surface area contributed by atoms with Crippen LogP contribution in [0.15, 0.2) is 24.3 Å². The van der Waals surface area contributed by atoms with Gasteiger partial charge in [-0.25, -0.2) is 0 Å². The van der Waals surface area contributed by atoms with E-state index in [9.17, 15) is 4.79 Å². The lowest BCUT2D eigenvalue weighted by atomic mass is 10.1. The molecule has 0 heterocycles. The number of carbonyl (C=O) groups is 1. The van der Waals surface area contributed by atoms with Gasteiger partial charge < -0.3 is 9.64 Å². The van der Waals surface area contributed by atoms with Crippen LogP contribution in [-0.2, 0) is 4.79 Å². The van der Waals surface area contributed by atoms with Crippen LogP contribution >= 0.6 is 0 Å². The van der Waals surface area contributed by atoms with Crippen molar-refractivity contribution in [1.29, 1.82) is 0 Å². The third-order valence-corrected chi connectivity index (χ3v) is 3.52. The zero-order valence-corrected chi connectivity index (χ0v) is 10.8. The molecule has 0 unspecified atom stereocenters. The maximum Gasteiger partial charge on any atom is 0.222 e. The van der Waals surface area contributed by atoms with E-state index in [0.717, 1.165) is 18.4 Å². The van der Waals surface area contributed by atoms with Crippen LogP contribution in [0, 0.1) is 0 Å². The van der Waals surface area contributed by atoms with Gasteiger partial charge in [-0.3, -0.25) is 4.79 Å². The quantitative estimate of drug-likeness (QED) is 0.804. The molecule has 0 aromatic heterocycles. The van der Waals surface area contributed by atoms with E-state index in [0.29, 0.717) is 12.2 Å². The summed E-state index contributed by atoms with van der Waals surface area (Å²) in [5.74, 6) is 0.788. The van der Waals surface area contributed by atoms with Gasteiger partial charge in [0.15, 0.2) is 0 Å². The molecule has 0 aliphatic heterocycles. The summed E-state index contributed by atoms with van der Waals surface area (Å²) in [6.07, 6.45) is 2.34. The summed E-state index contributed by atoms with van der Waals surface area (Å²) in [6.45, 7) is 1.99. The molecule has 2 rings (SSSR count). The Morgan fingerprint density at radius 2 is 2.44 bits per heavy atom. The fourth-order valence-electron chi connectivity index (χ4n) is 2.35. The second-order valence-corrected chi connectivity index (χ2v) is 4.84. The molecule has 0 bridgehead atoms. The molecule has 1 aromatic carbocycles. The number of ether oxygens (including phenoxy) is 1. The molecule has 2 atom stereocenters. The Bertz CT molecular complexity index is 516. The summed E-state index contributed by atoms with van der Waals surface area (Å²) in [5.41, 5.74) is 1.03. The van der Waals surface area contributed by atoms with Gasteiger partial charge in [0, 0.05) is 25.4 Å². The number of methoxy groups -OCH3 is 1. The number of benzene rings is 1. The average molecular weight is 250 g/mol. The molecule has 1 fully saturated rings. The predicted molar refractivity (Wildman–Crippen MR) is 71.8 cm³/mol. The first-order chi connectivity index (χ1) is 9.81. The zero-order valence-electron chi connectivity index (χ0n) is 13.8. The predicted octanol–water partition coefficient (Wildman–Crippen LogP) is 2.81. The third kappa shape index (κ3) is 2.66. The minimum absolute atomic E-state index is 0.167. The van der Waals surface area contributed by atoms with Crippen LogP contribution in [-0.4, -0.2) is 30.9 Å². The van der Waals surface area contributed by atoms with Gasteiger partial charge >= 0.3 is 0 Å². The van der Waals surface area contributed by atoms with E-state index in [2.05, 4.69) is 0 Å². The van der Waals surface area contributed by atoms with E-state index < -0.39 is 7.04 Å². The van der Waals surface area contributed by atoms with Crippen LogP contribution in [0.5, 0.6) is 5.75 Å². The standard InChI is InChI=1S/C15H21NO2/c1-4-6-15(17)16(2)14-10-13(14)11-7-5-8-12(9-11)18-3/h5,7-9,13-14H,4,6,10H2,1-3H3/t13-,14+/m0/s1/i3D3. The summed E-state index contributed by atoms with van der Waals surface area (Å²) in [6, 6.07) is 7.36. The molecule has 3 heteroatoms. The summed E-state index contributed by atoms with van der Waals surface area (Å²) in [4.78, 5) is 13.7. The van der Waals surface area contributed by atoms with Gasteiger partial charge in [0.2, 0.25) is 5.91 Å². The smallest absolute Gasteiger partial charge is 0.222 e. The highest BCUT2D eigenvalue weighted by molar-refractivity contribution is 5.76. The normalized spacial score (nSPS) is 24.7. The van der Waals surface area contributed by atoms with Gasteiger partial charge in [0.25, 0.3) is 0 Å². The molecule has 1 saturated carbocycles. The van der Waals surface area contributed by atoms with Gasteiger partial charge in [-0.1, -0.05) is 19.1 Å². The molecule has 0 spiro atoms. The molecule has 1 aromatic rings. The summed E-state index contributed by atoms with van der Waals surface area (Å²) in [7, 11) is -0.596. The van der Waals surface area contributed by atoms with E-state index in [-0.39, 0.29) is 17.9 Å².